The highest BCUT2D eigenvalue weighted by molar-refractivity contribution is 5.92. The molecule has 1 atom stereocenters. The molecule has 0 saturated carbocycles. The van der Waals surface area contributed by atoms with Gasteiger partial charge in [0, 0.05) is 19.1 Å². The van der Waals surface area contributed by atoms with E-state index in [0.717, 1.165) is 36.4 Å². The van der Waals surface area contributed by atoms with E-state index in [-0.39, 0.29) is 5.91 Å². The molecular weight excluding hydrogens is 338 g/mol. The summed E-state index contributed by atoms with van der Waals surface area (Å²) in [4.78, 5) is 19.2. The summed E-state index contributed by atoms with van der Waals surface area (Å²) in [6.45, 7) is 3.86. The first-order valence-corrected chi connectivity index (χ1v) is 9.85. The number of aromatic nitrogens is 1. The number of carbonyl (C=O) groups is 1. The topological polar surface area (TPSA) is 54.5 Å². The van der Waals surface area contributed by atoms with E-state index in [1.165, 1.54) is 19.3 Å². The van der Waals surface area contributed by atoms with Crippen molar-refractivity contribution in [3.05, 3.63) is 53.9 Å². The van der Waals surface area contributed by atoms with Gasteiger partial charge in [0.1, 0.15) is 11.4 Å². The number of rotatable bonds is 7. The SMILES string of the molecule is CCC1CCCCN1c1ccc(C(=O)NCCc2ccccc2OC)nc1. The average molecular weight is 367 g/mol. The van der Waals surface area contributed by atoms with Crippen molar-refractivity contribution in [1.82, 2.24) is 10.3 Å². The third-order valence-corrected chi connectivity index (χ3v) is 5.28. The molecule has 2 heterocycles. The number of nitrogens with one attached hydrogen (secondary N) is 1. The molecule has 1 aliphatic heterocycles. The molecule has 2 aromatic rings. The minimum Gasteiger partial charge on any atom is -0.496 e. The number of hydrogen-bond acceptors (Lipinski definition) is 4. The first kappa shape index (κ1) is 19.2. The van der Waals surface area contributed by atoms with E-state index in [9.17, 15) is 4.79 Å². The van der Waals surface area contributed by atoms with Gasteiger partial charge in [-0.2, -0.15) is 0 Å². The van der Waals surface area contributed by atoms with Gasteiger partial charge in [-0.25, -0.2) is 4.98 Å². The molecule has 5 heteroatoms. The largest absolute Gasteiger partial charge is 0.496 e. The molecule has 144 valence electrons. The van der Waals surface area contributed by atoms with E-state index in [1.807, 2.05) is 42.6 Å². The smallest absolute Gasteiger partial charge is 0.269 e. The van der Waals surface area contributed by atoms with Gasteiger partial charge >= 0.3 is 0 Å². The van der Waals surface area contributed by atoms with Gasteiger partial charge < -0.3 is 15.0 Å². The lowest BCUT2D eigenvalue weighted by molar-refractivity contribution is 0.0949. The summed E-state index contributed by atoms with van der Waals surface area (Å²) in [5.41, 5.74) is 2.66. The molecule has 0 radical (unpaired) electrons. The molecule has 0 aliphatic carbocycles. The second-order valence-electron chi connectivity index (χ2n) is 6.97. The molecule has 1 aliphatic rings. The lowest BCUT2D eigenvalue weighted by Gasteiger charge is -2.37. The van der Waals surface area contributed by atoms with Crippen LogP contribution in [0.1, 0.15) is 48.7 Å². The highest BCUT2D eigenvalue weighted by Crippen LogP contribution is 2.26. The Morgan fingerprint density at radius 1 is 1.26 bits per heavy atom. The van der Waals surface area contributed by atoms with E-state index in [4.69, 9.17) is 4.74 Å². The monoisotopic (exact) mass is 367 g/mol. The predicted octanol–water partition coefficient (Wildman–Crippen LogP) is 3.83. The molecule has 1 N–H and O–H groups in total. The van der Waals surface area contributed by atoms with Crippen LogP contribution in [0, 0.1) is 0 Å². The van der Waals surface area contributed by atoms with Crippen LogP contribution in [0.25, 0.3) is 0 Å². The number of piperidine rings is 1. The molecule has 1 unspecified atom stereocenters. The van der Waals surface area contributed by atoms with Gasteiger partial charge in [-0.05, 0) is 55.9 Å². The van der Waals surface area contributed by atoms with Crippen LogP contribution in [0.3, 0.4) is 0 Å². The quantitative estimate of drug-likeness (QED) is 0.808. The molecule has 3 rings (SSSR count). The van der Waals surface area contributed by atoms with E-state index >= 15 is 0 Å². The molecule has 1 saturated heterocycles. The first-order valence-electron chi connectivity index (χ1n) is 9.85. The van der Waals surface area contributed by atoms with E-state index < -0.39 is 0 Å². The second kappa shape index (κ2) is 9.40. The zero-order valence-corrected chi connectivity index (χ0v) is 16.3. The zero-order chi connectivity index (χ0) is 19.1. The second-order valence-corrected chi connectivity index (χ2v) is 6.97. The Bertz CT molecular complexity index is 745. The Labute approximate surface area is 161 Å². The molecule has 1 fully saturated rings. The molecule has 1 amide bonds. The normalized spacial score (nSPS) is 16.8. The third kappa shape index (κ3) is 4.79. The van der Waals surface area contributed by atoms with Crippen LogP contribution in [0.15, 0.2) is 42.6 Å². The summed E-state index contributed by atoms with van der Waals surface area (Å²) >= 11 is 0. The minimum atomic E-state index is -0.137. The Kier molecular flexibility index (Phi) is 6.69. The van der Waals surface area contributed by atoms with Crippen molar-refractivity contribution >= 4 is 11.6 Å². The molecular formula is C22H29N3O2. The van der Waals surface area contributed by atoms with Gasteiger partial charge in [-0.1, -0.05) is 25.1 Å². The lowest BCUT2D eigenvalue weighted by Crippen LogP contribution is -2.39. The summed E-state index contributed by atoms with van der Waals surface area (Å²) < 4.78 is 5.35. The zero-order valence-electron chi connectivity index (χ0n) is 16.3. The average Bonchev–Trinajstić information content (AvgIpc) is 2.74. The Morgan fingerprint density at radius 3 is 2.85 bits per heavy atom. The van der Waals surface area contributed by atoms with Crippen molar-refractivity contribution in [2.75, 3.05) is 25.1 Å². The first-order chi connectivity index (χ1) is 13.2. The summed E-state index contributed by atoms with van der Waals surface area (Å²) in [6.07, 6.45) is 7.46. The lowest BCUT2D eigenvalue weighted by atomic mass is 9.99. The maximum atomic E-state index is 12.4. The van der Waals surface area contributed by atoms with Gasteiger partial charge in [0.05, 0.1) is 19.0 Å². The van der Waals surface area contributed by atoms with Gasteiger partial charge in [0.2, 0.25) is 0 Å². The summed E-state index contributed by atoms with van der Waals surface area (Å²) in [5.74, 6) is 0.711. The van der Waals surface area contributed by atoms with Crippen LogP contribution >= 0.6 is 0 Å². The van der Waals surface area contributed by atoms with Crippen molar-refractivity contribution in [2.45, 2.75) is 45.1 Å². The number of pyridine rings is 1. The maximum Gasteiger partial charge on any atom is 0.269 e. The summed E-state index contributed by atoms with van der Waals surface area (Å²) in [5, 5.41) is 2.95. The predicted molar refractivity (Wildman–Crippen MR) is 109 cm³/mol. The number of nitrogens with zero attached hydrogens (tertiary/aromatic N) is 2. The van der Waals surface area contributed by atoms with Crippen molar-refractivity contribution in [3.8, 4) is 5.75 Å². The van der Waals surface area contributed by atoms with Crippen LogP contribution in [0.5, 0.6) is 5.75 Å². The van der Waals surface area contributed by atoms with Crippen LogP contribution in [0.4, 0.5) is 5.69 Å². The molecule has 5 nitrogen and oxygen atoms in total. The highest BCUT2D eigenvalue weighted by atomic mass is 16.5. The molecule has 0 bridgehead atoms. The Hall–Kier alpha value is -2.56. The standard InChI is InChI=1S/C22H29N3O2/c1-3-18-9-6-7-15-25(18)19-11-12-20(24-16-19)22(26)23-14-13-17-8-4-5-10-21(17)27-2/h4-5,8,10-12,16,18H,3,6-7,9,13-15H2,1-2H3,(H,23,26). The van der Waals surface area contributed by atoms with Gasteiger partial charge in [-0.15, -0.1) is 0 Å². The number of benzene rings is 1. The van der Waals surface area contributed by atoms with Crippen molar-refractivity contribution in [1.29, 1.82) is 0 Å². The van der Waals surface area contributed by atoms with Crippen molar-refractivity contribution in [2.24, 2.45) is 0 Å². The third-order valence-electron chi connectivity index (χ3n) is 5.28. The number of carbonyl (C=O) groups excluding carboxylic acids is 1. The Balaban J connectivity index is 1.56. The van der Waals surface area contributed by atoms with Crippen LogP contribution in [-0.2, 0) is 6.42 Å². The maximum absolute atomic E-state index is 12.4. The molecule has 1 aromatic carbocycles. The number of para-hydroxylation sites is 1. The van der Waals surface area contributed by atoms with E-state index in [1.54, 1.807) is 7.11 Å². The van der Waals surface area contributed by atoms with Crippen LogP contribution in [0.2, 0.25) is 0 Å². The number of anilines is 1. The van der Waals surface area contributed by atoms with E-state index in [2.05, 4.69) is 22.1 Å². The Morgan fingerprint density at radius 2 is 2.11 bits per heavy atom. The minimum absolute atomic E-state index is 0.137. The molecule has 1 aromatic heterocycles. The fourth-order valence-corrected chi connectivity index (χ4v) is 3.77. The fourth-order valence-electron chi connectivity index (χ4n) is 3.77. The molecule has 27 heavy (non-hydrogen) atoms. The van der Waals surface area contributed by atoms with Gasteiger partial charge in [0.15, 0.2) is 0 Å². The van der Waals surface area contributed by atoms with Crippen LogP contribution < -0.4 is 15.0 Å². The summed E-state index contributed by atoms with van der Waals surface area (Å²) in [7, 11) is 1.66. The summed E-state index contributed by atoms with van der Waals surface area (Å²) in [6, 6.07) is 12.3. The van der Waals surface area contributed by atoms with Gasteiger partial charge in [0.25, 0.3) is 5.91 Å². The van der Waals surface area contributed by atoms with Crippen LogP contribution in [-0.4, -0.2) is 37.1 Å². The number of hydrogen-bond donors (Lipinski definition) is 1. The highest BCUT2D eigenvalue weighted by Gasteiger charge is 2.21. The number of methoxy groups -OCH3 is 1. The molecule has 0 spiro atoms. The number of ether oxygens (including phenoxy) is 1. The van der Waals surface area contributed by atoms with E-state index in [0.29, 0.717) is 18.3 Å². The van der Waals surface area contributed by atoms with Gasteiger partial charge in [-0.3, -0.25) is 4.79 Å². The van der Waals surface area contributed by atoms with Crippen molar-refractivity contribution < 1.29 is 9.53 Å². The fraction of sp³-hybridized carbons (Fsp3) is 0.455. The van der Waals surface area contributed by atoms with Crippen molar-refractivity contribution in [3.63, 3.8) is 0 Å². The number of amides is 1.